The van der Waals surface area contributed by atoms with Gasteiger partial charge in [0, 0.05) is 0 Å². The lowest BCUT2D eigenvalue weighted by Gasteiger charge is -1.98. The van der Waals surface area contributed by atoms with Gasteiger partial charge in [0.25, 0.3) is 0 Å². The molecule has 0 nitrogen and oxygen atoms in total. The highest BCUT2D eigenvalue weighted by Gasteiger charge is 1.92. The maximum Gasteiger partial charge on any atom is -0.0155 e. The normalized spacial score (nSPS) is 9.67. The van der Waals surface area contributed by atoms with E-state index in [1.807, 2.05) is 18.2 Å². The summed E-state index contributed by atoms with van der Waals surface area (Å²) in [7, 11) is 0. The molecule has 0 bridgehead atoms. The standard InChI is InChI=1S/C11H10.C7H8/c1-9-5-4-7-10-6-2-3-8-11(9)10;1-7-5-3-2-4-6-7/h2-8H,1H3;2-6H,1H3. The molecule has 0 aromatic heterocycles. The lowest BCUT2D eigenvalue weighted by molar-refractivity contribution is 1.48. The zero-order valence-corrected chi connectivity index (χ0v) is 10.9. The number of hydrogen-bond acceptors (Lipinski definition) is 0. The van der Waals surface area contributed by atoms with Crippen molar-refractivity contribution in [1.82, 2.24) is 0 Å². The Balaban J connectivity index is 0.000000149. The zero-order valence-electron chi connectivity index (χ0n) is 10.9. The van der Waals surface area contributed by atoms with Gasteiger partial charge in [0.1, 0.15) is 0 Å². The molecule has 3 aromatic carbocycles. The van der Waals surface area contributed by atoms with Gasteiger partial charge in [-0.2, -0.15) is 0 Å². The first-order valence-corrected chi connectivity index (χ1v) is 6.23. The van der Waals surface area contributed by atoms with Crippen molar-refractivity contribution in [2.24, 2.45) is 0 Å². The van der Waals surface area contributed by atoms with E-state index in [0.717, 1.165) is 0 Å². The van der Waals surface area contributed by atoms with E-state index in [4.69, 9.17) is 0 Å². The van der Waals surface area contributed by atoms with Crippen molar-refractivity contribution in [3.63, 3.8) is 0 Å². The summed E-state index contributed by atoms with van der Waals surface area (Å²) in [5, 5.41) is 2.68. The highest BCUT2D eigenvalue weighted by molar-refractivity contribution is 5.85. The summed E-state index contributed by atoms with van der Waals surface area (Å²) in [4.78, 5) is 0. The Labute approximate surface area is 109 Å². The van der Waals surface area contributed by atoms with Crippen LogP contribution < -0.4 is 0 Å². The molecule has 0 heteroatoms. The number of hydrogen-bond donors (Lipinski definition) is 0. The molecule has 0 atom stereocenters. The minimum Gasteiger partial charge on any atom is -0.0622 e. The van der Waals surface area contributed by atoms with Gasteiger partial charge in [0.2, 0.25) is 0 Å². The Morgan fingerprint density at radius 1 is 0.556 bits per heavy atom. The lowest BCUT2D eigenvalue weighted by atomic mass is 10.1. The summed E-state index contributed by atoms with van der Waals surface area (Å²) in [6, 6.07) is 25.1. The fourth-order valence-corrected chi connectivity index (χ4v) is 1.92. The van der Waals surface area contributed by atoms with Gasteiger partial charge in [-0.1, -0.05) is 78.4 Å². The van der Waals surface area contributed by atoms with Gasteiger partial charge in [0.05, 0.1) is 0 Å². The van der Waals surface area contributed by atoms with Gasteiger partial charge in [-0.05, 0) is 30.2 Å². The Hall–Kier alpha value is -2.08. The molecule has 18 heavy (non-hydrogen) atoms. The van der Waals surface area contributed by atoms with E-state index < -0.39 is 0 Å². The lowest BCUT2D eigenvalue weighted by Crippen LogP contribution is -1.75. The van der Waals surface area contributed by atoms with Crippen LogP contribution in [0.15, 0.2) is 72.8 Å². The summed E-state index contributed by atoms with van der Waals surface area (Å²) in [5.41, 5.74) is 2.67. The average Bonchev–Trinajstić information content (AvgIpc) is 2.41. The number of aryl methyl sites for hydroxylation is 2. The van der Waals surface area contributed by atoms with E-state index in [0.29, 0.717) is 0 Å². The summed E-state index contributed by atoms with van der Waals surface area (Å²) < 4.78 is 0. The fraction of sp³-hybridized carbons (Fsp3) is 0.111. The minimum atomic E-state index is 1.32. The van der Waals surface area contributed by atoms with Crippen molar-refractivity contribution >= 4 is 10.8 Å². The Bertz CT molecular complexity index is 604. The quantitative estimate of drug-likeness (QED) is 0.505. The first-order chi connectivity index (χ1) is 8.77. The van der Waals surface area contributed by atoms with E-state index in [-0.39, 0.29) is 0 Å². The maximum absolute atomic E-state index is 2.16. The van der Waals surface area contributed by atoms with Crippen LogP contribution in [-0.2, 0) is 0 Å². The summed E-state index contributed by atoms with van der Waals surface area (Å²) in [6.45, 7) is 4.22. The molecule has 0 heterocycles. The van der Waals surface area contributed by atoms with Crippen molar-refractivity contribution < 1.29 is 0 Å². The summed E-state index contributed by atoms with van der Waals surface area (Å²) in [6.07, 6.45) is 0. The SMILES string of the molecule is Cc1cccc2ccccc12.Cc1ccccc1. The highest BCUT2D eigenvalue weighted by Crippen LogP contribution is 2.16. The largest absolute Gasteiger partial charge is 0.0622 e. The molecule has 3 aromatic rings. The van der Waals surface area contributed by atoms with E-state index >= 15 is 0 Å². The Morgan fingerprint density at radius 3 is 1.78 bits per heavy atom. The number of fused-ring (bicyclic) bond motifs is 1. The van der Waals surface area contributed by atoms with Gasteiger partial charge in [0.15, 0.2) is 0 Å². The number of rotatable bonds is 0. The maximum atomic E-state index is 2.16. The zero-order chi connectivity index (χ0) is 12.8. The molecular weight excluding hydrogens is 216 g/mol. The Morgan fingerprint density at radius 2 is 1.17 bits per heavy atom. The molecule has 0 spiro atoms. The van der Waals surface area contributed by atoms with Crippen LogP contribution in [-0.4, -0.2) is 0 Å². The molecule has 0 saturated carbocycles. The molecule has 0 saturated heterocycles. The Kier molecular flexibility index (Phi) is 4.14. The van der Waals surface area contributed by atoms with Crippen LogP contribution in [0.4, 0.5) is 0 Å². The van der Waals surface area contributed by atoms with Crippen LogP contribution in [0, 0.1) is 13.8 Å². The molecule has 90 valence electrons. The second-order valence-corrected chi connectivity index (χ2v) is 4.45. The molecule has 0 amide bonds. The first kappa shape index (κ1) is 12.4. The topological polar surface area (TPSA) is 0 Å². The molecule has 0 aliphatic rings. The van der Waals surface area contributed by atoms with E-state index in [1.165, 1.54) is 21.9 Å². The third-order valence-electron chi connectivity index (χ3n) is 2.95. The van der Waals surface area contributed by atoms with Crippen LogP contribution in [0.2, 0.25) is 0 Å². The van der Waals surface area contributed by atoms with Crippen molar-refractivity contribution in [3.8, 4) is 0 Å². The van der Waals surface area contributed by atoms with Crippen molar-refractivity contribution in [2.75, 3.05) is 0 Å². The van der Waals surface area contributed by atoms with Crippen LogP contribution in [0.3, 0.4) is 0 Å². The minimum absolute atomic E-state index is 1.32. The molecular formula is C18H18. The monoisotopic (exact) mass is 234 g/mol. The van der Waals surface area contributed by atoms with Gasteiger partial charge in [-0.15, -0.1) is 0 Å². The van der Waals surface area contributed by atoms with Gasteiger partial charge >= 0.3 is 0 Å². The van der Waals surface area contributed by atoms with Crippen molar-refractivity contribution in [2.45, 2.75) is 13.8 Å². The van der Waals surface area contributed by atoms with Gasteiger partial charge < -0.3 is 0 Å². The number of benzene rings is 3. The second-order valence-electron chi connectivity index (χ2n) is 4.45. The average molecular weight is 234 g/mol. The smallest absolute Gasteiger partial charge is 0.0155 e. The molecule has 0 unspecified atom stereocenters. The third-order valence-corrected chi connectivity index (χ3v) is 2.95. The van der Waals surface area contributed by atoms with Crippen LogP contribution in [0.1, 0.15) is 11.1 Å². The molecule has 0 aliphatic carbocycles. The second kappa shape index (κ2) is 6.02. The van der Waals surface area contributed by atoms with Crippen molar-refractivity contribution in [3.05, 3.63) is 83.9 Å². The first-order valence-electron chi connectivity index (χ1n) is 6.23. The third kappa shape index (κ3) is 3.21. The molecule has 0 N–H and O–H groups in total. The predicted octanol–water partition coefficient (Wildman–Crippen LogP) is 5.14. The fourth-order valence-electron chi connectivity index (χ4n) is 1.92. The molecule has 0 aliphatic heterocycles. The molecule has 0 fully saturated rings. The molecule has 0 radical (unpaired) electrons. The van der Waals surface area contributed by atoms with E-state index in [1.54, 1.807) is 0 Å². The van der Waals surface area contributed by atoms with Crippen LogP contribution in [0.5, 0.6) is 0 Å². The van der Waals surface area contributed by atoms with E-state index in [9.17, 15) is 0 Å². The van der Waals surface area contributed by atoms with Crippen molar-refractivity contribution in [1.29, 1.82) is 0 Å². The highest BCUT2D eigenvalue weighted by atomic mass is 14.0. The predicted molar refractivity (Wildman–Crippen MR) is 79.9 cm³/mol. The van der Waals surface area contributed by atoms with Crippen LogP contribution >= 0.6 is 0 Å². The van der Waals surface area contributed by atoms with Crippen LogP contribution in [0.25, 0.3) is 10.8 Å². The summed E-state index contributed by atoms with van der Waals surface area (Å²) >= 11 is 0. The van der Waals surface area contributed by atoms with Gasteiger partial charge in [-0.3, -0.25) is 0 Å². The summed E-state index contributed by atoms with van der Waals surface area (Å²) in [5.74, 6) is 0. The van der Waals surface area contributed by atoms with Gasteiger partial charge in [-0.25, -0.2) is 0 Å². The molecule has 3 rings (SSSR count). The van der Waals surface area contributed by atoms with E-state index in [2.05, 4.69) is 68.4 Å².